The summed E-state index contributed by atoms with van der Waals surface area (Å²) in [7, 11) is 0. The number of carboxylic acid groups (broad SMARTS) is 1. The van der Waals surface area contributed by atoms with E-state index >= 15 is 0 Å². The fourth-order valence-electron chi connectivity index (χ4n) is 2.13. The number of hydrogen-bond donors (Lipinski definition) is 2. The average Bonchev–Trinajstić information content (AvgIpc) is 2.34. The first kappa shape index (κ1) is 13.7. The SMILES string of the molecule is O=C(O)c1cc(SC2CCCCC2O)ccc1Cl. The van der Waals surface area contributed by atoms with Crippen molar-refractivity contribution in [3.05, 3.63) is 28.8 Å². The molecular weight excluding hydrogens is 272 g/mol. The van der Waals surface area contributed by atoms with Gasteiger partial charge in [-0.05, 0) is 31.0 Å². The van der Waals surface area contributed by atoms with Gasteiger partial charge in [-0.15, -0.1) is 11.8 Å². The van der Waals surface area contributed by atoms with Crippen LogP contribution in [0.25, 0.3) is 0 Å². The van der Waals surface area contributed by atoms with Gasteiger partial charge in [0.25, 0.3) is 0 Å². The maximum atomic E-state index is 11.0. The molecule has 0 aliphatic heterocycles. The molecule has 0 aromatic heterocycles. The predicted octanol–water partition coefficient (Wildman–Crippen LogP) is 3.43. The van der Waals surface area contributed by atoms with Gasteiger partial charge in [-0.1, -0.05) is 24.4 Å². The van der Waals surface area contributed by atoms with Crippen LogP contribution < -0.4 is 0 Å². The van der Waals surface area contributed by atoms with Gasteiger partial charge in [0.15, 0.2) is 0 Å². The molecule has 0 bridgehead atoms. The Balaban J connectivity index is 2.14. The zero-order valence-corrected chi connectivity index (χ0v) is 11.4. The van der Waals surface area contributed by atoms with E-state index in [9.17, 15) is 9.90 Å². The second-order valence-electron chi connectivity index (χ2n) is 4.45. The van der Waals surface area contributed by atoms with Gasteiger partial charge in [0, 0.05) is 10.1 Å². The fourth-order valence-corrected chi connectivity index (χ4v) is 3.59. The molecule has 3 nitrogen and oxygen atoms in total. The number of halogens is 1. The highest BCUT2D eigenvalue weighted by Gasteiger charge is 2.24. The van der Waals surface area contributed by atoms with Gasteiger partial charge in [0.05, 0.1) is 16.7 Å². The normalized spacial score (nSPS) is 23.9. The summed E-state index contributed by atoms with van der Waals surface area (Å²) in [6.07, 6.45) is 3.69. The molecule has 0 saturated heterocycles. The molecule has 0 radical (unpaired) electrons. The van der Waals surface area contributed by atoms with E-state index in [1.165, 1.54) is 0 Å². The zero-order chi connectivity index (χ0) is 13.1. The van der Waals surface area contributed by atoms with E-state index in [0.29, 0.717) is 0 Å². The van der Waals surface area contributed by atoms with E-state index < -0.39 is 5.97 Å². The summed E-state index contributed by atoms with van der Waals surface area (Å²) in [5.41, 5.74) is 0.118. The molecule has 1 aliphatic carbocycles. The van der Waals surface area contributed by atoms with E-state index in [1.54, 1.807) is 30.0 Å². The van der Waals surface area contributed by atoms with Crippen LogP contribution in [0.2, 0.25) is 5.02 Å². The molecule has 1 saturated carbocycles. The number of thioether (sulfide) groups is 1. The highest BCUT2D eigenvalue weighted by atomic mass is 35.5. The van der Waals surface area contributed by atoms with Crippen molar-refractivity contribution in [1.82, 2.24) is 0 Å². The van der Waals surface area contributed by atoms with E-state index in [2.05, 4.69) is 0 Å². The molecule has 98 valence electrons. The third kappa shape index (κ3) is 3.19. The molecule has 1 fully saturated rings. The number of hydrogen-bond acceptors (Lipinski definition) is 3. The molecule has 2 atom stereocenters. The van der Waals surface area contributed by atoms with Gasteiger partial charge in [-0.25, -0.2) is 4.79 Å². The lowest BCUT2D eigenvalue weighted by Gasteiger charge is -2.27. The molecule has 1 aliphatic rings. The number of carboxylic acids is 1. The van der Waals surface area contributed by atoms with Crippen molar-refractivity contribution in [3.63, 3.8) is 0 Å². The van der Waals surface area contributed by atoms with Crippen LogP contribution >= 0.6 is 23.4 Å². The van der Waals surface area contributed by atoms with Crippen LogP contribution in [-0.4, -0.2) is 27.5 Å². The van der Waals surface area contributed by atoms with E-state index in [4.69, 9.17) is 16.7 Å². The fraction of sp³-hybridized carbons (Fsp3) is 0.462. The molecule has 0 heterocycles. The van der Waals surface area contributed by atoms with Gasteiger partial charge < -0.3 is 10.2 Å². The summed E-state index contributed by atoms with van der Waals surface area (Å²) in [5, 5.41) is 19.3. The van der Waals surface area contributed by atoms with E-state index in [-0.39, 0.29) is 21.9 Å². The third-order valence-corrected chi connectivity index (χ3v) is 4.83. The van der Waals surface area contributed by atoms with Crippen LogP contribution in [0.4, 0.5) is 0 Å². The summed E-state index contributed by atoms with van der Waals surface area (Å²) in [6.45, 7) is 0. The van der Waals surface area contributed by atoms with Crippen molar-refractivity contribution in [3.8, 4) is 0 Å². The Bertz CT molecular complexity index is 450. The van der Waals surface area contributed by atoms with Crippen molar-refractivity contribution < 1.29 is 15.0 Å². The number of carbonyl (C=O) groups is 1. The lowest BCUT2D eigenvalue weighted by atomic mass is 9.97. The Morgan fingerprint density at radius 2 is 2.06 bits per heavy atom. The molecule has 1 aromatic carbocycles. The van der Waals surface area contributed by atoms with Crippen molar-refractivity contribution in [2.45, 2.75) is 41.9 Å². The van der Waals surface area contributed by atoms with Gasteiger partial charge in [-0.3, -0.25) is 0 Å². The topological polar surface area (TPSA) is 57.5 Å². The standard InChI is InChI=1S/C13H15ClO3S/c14-10-6-5-8(7-9(10)13(16)17)18-12-4-2-1-3-11(12)15/h5-7,11-12,15H,1-4H2,(H,16,17). The van der Waals surface area contributed by atoms with Gasteiger partial charge >= 0.3 is 5.97 Å². The largest absolute Gasteiger partial charge is 0.478 e. The summed E-state index contributed by atoms with van der Waals surface area (Å²) < 4.78 is 0. The minimum Gasteiger partial charge on any atom is -0.478 e. The van der Waals surface area contributed by atoms with Crippen molar-refractivity contribution in [2.24, 2.45) is 0 Å². The van der Waals surface area contributed by atoms with Crippen molar-refractivity contribution in [2.75, 3.05) is 0 Å². The number of aromatic carboxylic acids is 1. The van der Waals surface area contributed by atoms with E-state index in [1.807, 2.05) is 0 Å². The Labute approximate surface area is 115 Å². The van der Waals surface area contributed by atoms with Crippen LogP contribution in [0.5, 0.6) is 0 Å². The van der Waals surface area contributed by atoms with Crippen LogP contribution in [0.15, 0.2) is 23.1 Å². The number of benzene rings is 1. The summed E-state index contributed by atoms with van der Waals surface area (Å²) in [6, 6.07) is 4.99. The quantitative estimate of drug-likeness (QED) is 0.894. The molecule has 18 heavy (non-hydrogen) atoms. The zero-order valence-electron chi connectivity index (χ0n) is 9.80. The monoisotopic (exact) mass is 286 g/mol. The van der Waals surface area contributed by atoms with Crippen LogP contribution in [0, 0.1) is 0 Å². The molecule has 5 heteroatoms. The summed E-state index contributed by atoms with van der Waals surface area (Å²) >= 11 is 7.36. The minimum atomic E-state index is -1.02. The van der Waals surface area contributed by atoms with Crippen molar-refractivity contribution in [1.29, 1.82) is 0 Å². The highest BCUT2D eigenvalue weighted by Crippen LogP contribution is 2.35. The van der Waals surface area contributed by atoms with Gasteiger partial charge in [0.1, 0.15) is 0 Å². The number of rotatable bonds is 3. The minimum absolute atomic E-state index is 0.118. The summed E-state index contributed by atoms with van der Waals surface area (Å²) in [4.78, 5) is 11.8. The molecule has 2 rings (SSSR count). The second-order valence-corrected chi connectivity index (χ2v) is 6.17. The Hall–Kier alpha value is -0.710. The smallest absolute Gasteiger partial charge is 0.337 e. The molecule has 0 amide bonds. The second kappa shape index (κ2) is 5.95. The Kier molecular flexibility index (Phi) is 4.54. The number of aliphatic hydroxyl groups is 1. The maximum Gasteiger partial charge on any atom is 0.337 e. The first-order valence-corrected chi connectivity index (χ1v) is 7.21. The maximum absolute atomic E-state index is 11.0. The summed E-state index contributed by atoms with van der Waals surface area (Å²) in [5.74, 6) is -1.02. The third-order valence-electron chi connectivity index (χ3n) is 3.12. The molecular formula is C13H15ClO3S. The number of aliphatic hydroxyl groups excluding tert-OH is 1. The lowest BCUT2D eigenvalue weighted by Crippen LogP contribution is -2.26. The first-order valence-electron chi connectivity index (χ1n) is 5.95. The van der Waals surface area contributed by atoms with Gasteiger partial charge in [0.2, 0.25) is 0 Å². The van der Waals surface area contributed by atoms with Crippen molar-refractivity contribution >= 4 is 29.3 Å². The predicted molar refractivity (Wildman–Crippen MR) is 72.5 cm³/mol. The Morgan fingerprint density at radius 3 is 2.72 bits per heavy atom. The Morgan fingerprint density at radius 1 is 1.33 bits per heavy atom. The van der Waals surface area contributed by atoms with Crippen LogP contribution in [0.1, 0.15) is 36.0 Å². The average molecular weight is 287 g/mol. The lowest BCUT2D eigenvalue weighted by molar-refractivity contribution is 0.0697. The molecule has 2 N–H and O–H groups in total. The molecule has 1 aromatic rings. The van der Waals surface area contributed by atoms with E-state index in [0.717, 1.165) is 30.6 Å². The molecule has 0 spiro atoms. The highest BCUT2D eigenvalue weighted by molar-refractivity contribution is 8.00. The first-order chi connectivity index (χ1) is 8.58. The van der Waals surface area contributed by atoms with Crippen LogP contribution in [0.3, 0.4) is 0 Å². The van der Waals surface area contributed by atoms with Gasteiger partial charge in [-0.2, -0.15) is 0 Å². The molecule has 2 unspecified atom stereocenters. The van der Waals surface area contributed by atoms with Crippen LogP contribution in [-0.2, 0) is 0 Å².